The second kappa shape index (κ2) is 14.7. The van der Waals surface area contributed by atoms with E-state index in [0.29, 0.717) is 5.82 Å². The van der Waals surface area contributed by atoms with Gasteiger partial charge in [0.15, 0.2) is 5.82 Å². The third-order valence-corrected chi connectivity index (χ3v) is 11.1. The van der Waals surface area contributed by atoms with Crippen LogP contribution in [0.2, 0.25) is 0 Å². The zero-order valence-electron chi connectivity index (χ0n) is 31.8. The lowest BCUT2D eigenvalue weighted by molar-refractivity contribution is 1.18. The number of hydrogen-bond donors (Lipinski definition) is 0. The van der Waals surface area contributed by atoms with E-state index in [2.05, 4.69) is 188 Å². The molecule has 10 rings (SSSR count). The van der Waals surface area contributed by atoms with Gasteiger partial charge in [-0.05, 0) is 90.0 Å². The van der Waals surface area contributed by atoms with Crippen molar-refractivity contribution in [2.75, 3.05) is 0 Å². The van der Waals surface area contributed by atoms with E-state index < -0.39 is 0 Å². The molecular formula is C55H37N3. The van der Waals surface area contributed by atoms with Crippen LogP contribution in [0.5, 0.6) is 0 Å². The van der Waals surface area contributed by atoms with Crippen molar-refractivity contribution in [3.63, 3.8) is 0 Å². The molecule has 0 spiro atoms. The molecule has 2 aromatic heterocycles. The fraction of sp³-hybridized carbons (Fsp3) is 0. The number of hydrogen-bond acceptors (Lipinski definition) is 3. The number of pyridine rings is 1. The summed E-state index contributed by atoms with van der Waals surface area (Å²) in [6.45, 7) is 8.09. The van der Waals surface area contributed by atoms with Gasteiger partial charge in [0, 0.05) is 40.2 Å². The second-order valence-electron chi connectivity index (χ2n) is 14.5. The van der Waals surface area contributed by atoms with Gasteiger partial charge in [0.25, 0.3) is 0 Å². The van der Waals surface area contributed by atoms with Crippen LogP contribution in [0.4, 0.5) is 0 Å². The van der Waals surface area contributed by atoms with Crippen LogP contribution in [-0.2, 0) is 0 Å². The van der Waals surface area contributed by atoms with Crippen molar-refractivity contribution in [2.24, 2.45) is 0 Å². The topological polar surface area (TPSA) is 38.7 Å². The molecule has 0 aliphatic carbocycles. The summed E-state index contributed by atoms with van der Waals surface area (Å²) in [5.74, 6) is 0.659. The molecule has 10 aromatic rings. The van der Waals surface area contributed by atoms with Gasteiger partial charge in [0.1, 0.15) is 0 Å². The third kappa shape index (κ3) is 6.25. The first kappa shape index (κ1) is 34.7. The second-order valence-corrected chi connectivity index (χ2v) is 14.5. The van der Waals surface area contributed by atoms with Gasteiger partial charge in [-0.3, -0.25) is 4.98 Å². The summed E-state index contributed by atoms with van der Waals surface area (Å²) in [6.07, 6.45) is 7.39. The molecule has 0 fully saturated rings. The maximum absolute atomic E-state index is 5.27. The summed E-state index contributed by atoms with van der Waals surface area (Å²) in [7, 11) is 0. The minimum Gasteiger partial charge on any atom is -0.263 e. The third-order valence-electron chi connectivity index (χ3n) is 11.1. The fourth-order valence-corrected chi connectivity index (χ4v) is 8.21. The largest absolute Gasteiger partial charge is 0.263 e. The first-order chi connectivity index (χ1) is 28.6. The van der Waals surface area contributed by atoms with Crippen LogP contribution in [0.3, 0.4) is 0 Å². The van der Waals surface area contributed by atoms with Gasteiger partial charge >= 0.3 is 0 Å². The van der Waals surface area contributed by atoms with Crippen molar-refractivity contribution >= 4 is 44.5 Å². The molecule has 0 N–H and O–H groups in total. The molecule has 8 aromatic carbocycles. The molecule has 0 radical (unpaired) electrons. The van der Waals surface area contributed by atoms with Crippen LogP contribution in [0.15, 0.2) is 201 Å². The van der Waals surface area contributed by atoms with Crippen molar-refractivity contribution in [2.45, 2.75) is 0 Å². The Hall–Kier alpha value is -7.75. The van der Waals surface area contributed by atoms with Gasteiger partial charge in [0.05, 0.1) is 11.4 Å². The van der Waals surface area contributed by atoms with E-state index in [-0.39, 0.29) is 0 Å². The minimum absolute atomic E-state index is 0.659. The highest BCUT2D eigenvalue weighted by Gasteiger charge is 2.15. The molecule has 3 nitrogen and oxygen atoms in total. The number of fused-ring (bicyclic) bond motifs is 6. The van der Waals surface area contributed by atoms with Crippen LogP contribution in [0.25, 0.3) is 112 Å². The summed E-state index contributed by atoms with van der Waals surface area (Å²) in [4.78, 5) is 15.0. The minimum atomic E-state index is 0.659. The summed E-state index contributed by atoms with van der Waals surface area (Å²) in [6, 6.07) is 62.5. The molecule has 0 atom stereocenters. The molecule has 2 heterocycles. The summed E-state index contributed by atoms with van der Waals surface area (Å²) < 4.78 is 0. The van der Waals surface area contributed by atoms with Crippen molar-refractivity contribution < 1.29 is 0 Å². The van der Waals surface area contributed by atoms with Crippen molar-refractivity contribution in [1.29, 1.82) is 0 Å². The maximum Gasteiger partial charge on any atom is 0.160 e. The van der Waals surface area contributed by atoms with Crippen LogP contribution in [0.1, 0.15) is 11.1 Å². The Kier molecular flexibility index (Phi) is 8.81. The van der Waals surface area contributed by atoms with Gasteiger partial charge in [-0.15, -0.1) is 0 Å². The Balaban J connectivity index is 1.11. The Labute approximate surface area is 338 Å². The molecule has 0 saturated carbocycles. The molecule has 0 aliphatic heterocycles. The zero-order valence-corrected chi connectivity index (χ0v) is 31.8. The molecule has 58 heavy (non-hydrogen) atoms. The lowest BCUT2D eigenvalue weighted by Gasteiger charge is -2.14. The Bertz CT molecular complexity index is 3160. The molecule has 272 valence electrons. The number of nitrogens with zero attached hydrogens (tertiary/aromatic N) is 3. The molecule has 0 saturated heterocycles. The highest BCUT2D eigenvalue weighted by molar-refractivity contribution is 6.25. The zero-order chi connectivity index (χ0) is 39.0. The number of aromatic nitrogens is 3. The lowest BCUT2D eigenvalue weighted by atomic mass is 9.92. The first-order valence-corrected chi connectivity index (χ1v) is 19.5. The van der Waals surface area contributed by atoms with E-state index in [9.17, 15) is 0 Å². The lowest BCUT2D eigenvalue weighted by Crippen LogP contribution is -1.97. The van der Waals surface area contributed by atoms with Crippen LogP contribution in [-0.4, -0.2) is 15.0 Å². The molecule has 0 amide bonds. The molecule has 0 aliphatic rings. The number of benzene rings is 8. The quantitative estimate of drug-likeness (QED) is 0.146. The van der Waals surface area contributed by atoms with Gasteiger partial charge in [0.2, 0.25) is 0 Å². The van der Waals surface area contributed by atoms with Gasteiger partial charge < -0.3 is 0 Å². The van der Waals surface area contributed by atoms with E-state index in [0.717, 1.165) is 67.0 Å². The maximum atomic E-state index is 5.27. The summed E-state index contributed by atoms with van der Waals surface area (Å²) >= 11 is 0. The Morgan fingerprint density at radius 1 is 0.345 bits per heavy atom. The van der Waals surface area contributed by atoms with Gasteiger partial charge in [-0.25, -0.2) is 9.97 Å². The SMILES string of the molecule is C=Cc1cncc(-c2cccc(-c3cc(-c4ccc(-c5ccccc5)cc4)nc(-c4cccc(-c5ccc6c7ccccc7c7ccccc7c6c5)c4)n3)c2)c1C=C. The standard InChI is InChI=1S/C55H37N3/c1-3-36-34-56-35-52(45(36)4-2)42-17-13-18-43(31-42)54-33-53(39-26-24-38(25-27-39)37-14-6-5-7-15-37)57-55(58-54)44-19-12-16-40(30-44)41-28-29-50-48-22-9-8-20-46(48)47-21-10-11-23-49(47)51(50)32-41/h3-35H,1-2H2. The Morgan fingerprint density at radius 2 is 0.845 bits per heavy atom. The average Bonchev–Trinajstić information content (AvgIpc) is 3.31. The highest BCUT2D eigenvalue weighted by Crippen LogP contribution is 2.38. The average molecular weight is 740 g/mol. The van der Waals surface area contributed by atoms with Gasteiger partial charge in [-0.2, -0.15) is 0 Å². The van der Waals surface area contributed by atoms with E-state index in [4.69, 9.17) is 9.97 Å². The first-order valence-electron chi connectivity index (χ1n) is 19.5. The smallest absolute Gasteiger partial charge is 0.160 e. The summed E-state index contributed by atoms with van der Waals surface area (Å²) in [5, 5.41) is 7.55. The highest BCUT2D eigenvalue weighted by atomic mass is 14.9. The van der Waals surface area contributed by atoms with Crippen LogP contribution < -0.4 is 0 Å². The fourth-order valence-electron chi connectivity index (χ4n) is 8.21. The molecular weight excluding hydrogens is 703 g/mol. The van der Waals surface area contributed by atoms with E-state index >= 15 is 0 Å². The molecule has 3 heteroatoms. The summed E-state index contributed by atoms with van der Waals surface area (Å²) in [5.41, 5.74) is 13.1. The predicted molar refractivity (Wildman–Crippen MR) is 245 cm³/mol. The predicted octanol–water partition coefficient (Wildman–Crippen LogP) is 14.6. The number of rotatable bonds is 8. The molecule has 0 bridgehead atoms. The van der Waals surface area contributed by atoms with Gasteiger partial charge in [-0.1, -0.05) is 177 Å². The van der Waals surface area contributed by atoms with Crippen LogP contribution in [0, 0.1) is 0 Å². The normalized spacial score (nSPS) is 11.2. The van der Waals surface area contributed by atoms with Crippen molar-refractivity contribution in [3.05, 3.63) is 213 Å². The Morgan fingerprint density at radius 3 is 1.53 bits per heavy atom. The monoisotopic (exact) mass is 739 g/mol. The van der Waals surface area contributed by atoms with Crippen molar-refractivity contribution in [1.82, 2.24) is 15.0 Å². The van der Waals surface area contributed by atoms with Crippen molar-refractivity contribution in [3.8, 4) is 67.3 Å². The van der Waals surface area contributed by atoms with E-state index in [1.807, 2.05) is 30.6 Å². The van der Waals surface area contributed by atoms with E-state index in [1.165, 1.54) is 37.9 Å². The molecule has 0 unspecified atom stereocenters. The van der Waals surface area contributed by atoms with Crippen LogP contribution >= 0.6 is 0 Å². The van der Waals surface area contributed by atoms with E-state index in [1.54, 1.807) is 0 Å².